The van der Waals surface area contributed by atoms with Crippen LogP contribution in [0.3, 0.4) is 0 Å². The van der Waals surface area contributed by atoms with Gasteiger partial charge in [-0.2, -0.15) is 0 Å². The van der Waals surface area contributed by atoms with Crippen molar-refractivity contribution in [3.63, 3.8) is 0 Å². The van der Waals surface area contributed by atoms with Crippen LogP contribution >= 0.6 is 0 Å². The molecule has 0 saturated carbocycles. The zero-order valence-corrected chi connectivity index (χ0v) is 7.39. The van der Waals surface area contributed by atoms with Gasteiger partial charge in [-0.15, -0.1) is 0 Å². The second-order valence-electron chi connectivity index (χ2n) is 3.49. The first-order valence-electron chi connectivity index (χ1n) is 3.80. The van der Waals surface area contributed by atoms with Crippen LogP contribution < -0.4 is 0 Å². The van der Waals surface area contributed by atoms with Crippen molar-refractivity contribution < 1.29 is 9.95 Å². The van der Waals surface area contributed by atoms with Crippen LogP contribution in [0.25, 0.3) is 0 Å². The Morgan fingerprint density at radius 3 is 2.20 bits per heavy atom. The molecular weight excluding hydrogens is 126 g/mol. The molecule has 0 rings (SSSR count). The van der Waals surface area contributed by atoms with Crippen molar-refractivity contribution in [1.29, 1.82) is 0 Å². The molecule has 0 saturated heterocycles. The lowest BCUT2D eigenvalue weighted by Gasteiger charge is -2.08. The molecule has 0 aromatic carbocycles. The van der Waals surface area contributed by atoms with Gasteiger partial charge in [-0.1, -0.05) is 6.92 Å². The average molecular weight is 144 g/mol. The van der Waals surface area contributed by atoms with Crippen molar-refractivity contribution in [2.45, 2.75) is 46.1 Å². The fourth-order valence-electron chi connectivity index (χ4n) is 0.525. The molecule has 2 heteroatoms. The Labute approximate surface area is 63.1 Å². The van der Waals surface area contributed by atoms with Gasteiger partial charge in [0.1, 0.15) is 0 Å². The van der Waals surface area contributed by atoms with E-state index in [0.29, 0.717) is 0 Å². The number of rotatable bonds is 2. The summed E-state index contributed by atoms with van der Waals surface area (Å²) in [6.45, 7) is 8.00. The van der Waals surface area contributed by atoms with E-state index in [1.807, 2.05) is 27.0 Å². The number of hydroxylamine groups is 1. The molecule has 10 heavy (non-hydrogen) atoms. The second kappa shape index (κ2) is 3.59. The third kappa shape index (κ3) is 3.49. The summed E-state index contributed by atoms with van der Waals surface area (Å²) < 4.78 is 1.27. The standard InChI is InChI=1S/C8H18NO/c1-5-6-7-9(10)8(2,3)4/h7,10H,5-6H2,1-4H3/q+1/b9-7-. The van der Waals surface area contributed by atoms with Crippen LogP contribution in [0.5, 0.6) is 0 Å². The van der Waals surface area contributed by atoms with Crippen molar-refractivity contribution in [2.24, 2.45) is 0 Å². The zero-order chi connectivity index (χ0) is 8.20. The fourth-order valence-corrected chi connectivity index (χ4v) is 0.525. The van der Waals surface area contributed by atoms with Gasteiger partial charge in [0, 0.05) is 27.2 Å². The molecule has 0 heterocycles. The summed E-state index contributed by atoms with van der Waals surface area (Å²) in [5.74, 6) is 0. The summed E-state index contributed by atoms with van der Waals surface area (Å²) in [5.41, 5.74) is -0.158. The lowest BCUT2D eigenvalue weighted by molar-refractivity contribution is -0.817. The lowest BCUT2D eigenvalue weighted by atomic mass is 10.1. The molecule has 60 valence electrons. The van der Waals surface area contributed by atoms with Crippen molar-refractivity contribution in [1.82, 2.24) is 0 Å². The Morgan fingerprint density at radius 2 is 1.90 bits per heavy atom. The van der Waals surface area contributed by atoms with Crippen LogP contribution in [0.1, 0.15) is 40.5 Å². The normalized spacial score (nSPS) is 13.8. The van der Waals surface area contributed by atoms with E-state index in [1.54, 1.807) is 0 Å². The fraction of sp³-hybridized carbons (Fsp3) is 0.875. The Balaban J connectivity index is 3.93. The maximum absolute atomic E-state index is 9.29. The number of unbranched alkanes of at least 4 members (excludes halogenated alkanes) is 1. The molecule has 0 fully saturated rings. The third-order valence-corrected chi connectivity index (χ3v) is 1.28. The monoisotopic (exact) mass is 144 g/mol. The molecule has 0 aliphatic carbocycles. The van der Waals surface area contributed by atoms with Gasteiger partial charge in [0.25, 0.3) is 0 Å². The Bertz CT molecular complexity index is 122. The molecule has 0 amide bonds. The molecule has 1 N–H and O–H groups in total. The highest BCUT2D eigenvalue weighted by Crippen LogP contribution is 2.03. The SMILES string of the molecule is CCC/C=[N+](\O)C(C)(C)C. The van der Waals surface area contributed by atoms with E-state index in [2.05, 4.69) is 6.92 Å². The minimum absolute atomic E-state index is 0.158. The first-order valence-corrected chi connectivity index (χ1v) is 3.80. The smallest absolute Gasteiger partial charge is 0.202 e. The van der Waals surface area contributed by atoms with E-state index in [1.165, 1.54) is 4.74 Å². The number of hydrogen-bond donors (Lipinski definition) is 1. The molecule has 0 aliphatic heterocycles. The van der Waals surface area contributed by atoms with Gasteiger partial charge >= 0.3 is 0 Å². The first kappa shape index (κ1) is 9.47. The van der Waals surface area contributed by atoms with Crippen LogP contribution in [0.4, 0.5) is 0 Å². The second-order valence-corrected chi connectivity index (χ2v) is 3.49. The number of nitrogens with zero attached hydrogens (tertiary/aromatic N) is 1. The molecule has 0 aromatic rings. The molecule has 2 nitrogen and oxygen atoms in total. The summed E-state index contributed by atoms with van der Waals surface area (Å²) in [5, 5.41) is 9.29. The average Bonchev–Trinajstić information content (AvgIpc) is 1.80. The quantitative estimate of drug-likeness (QED) is 0.272. The predicted octanol–water partition coefficient (Wildman–Crippen LogP) is 2.06. The highest BCUT2D eigenvalue weighted by atomic mass is 16.5. The largest absolute Gasteiger partial charge is 0.291 e. The maximum atomic E-state index is 9.29. The van der Waals surface area contributed by atoms with Gasteiger partial charge in [0.05, 0.1) is 0 Å². The summed E-state index contributed by atoms with van der Waals surface area (Å²) in [6, 6.07) is 0. The van der Waals surface area contributed by atoms with Gasteiger partial charge in [0.15, 0.2) is 6.21 Å². The van der Waals surface area contributed by atoms with Crippen molar-refractivity contribution in [3.8, 4) is 0 Å². The Morgan fingerprint density at radius 1 is 1.40 bits per heavy atom. The topological polar surface area (TPSA) is 23.2 Å². The molecule has 0 aromatic heterocycles. The van der Waals surface area contributed by atoms with Gasteiger partial charge in [0.2, 0.25) is 5.54 Å². The number of hydrogen-bond acceptors (Lipinski definition) is 1. The minimum atomic E-state index is -0.158. The Kier molecular flexibility index (Phi) is 3.40. The predicted molar refractivity (Wildman–Crippen MR) is 42.8 cm³/mol. The molecule has 0 aliphatic rings. The molecule has 0 bridgehead atoms. The molecule has 0 unspecified atom stereocenters. The van der Waals surface area contributed by atoms with E-state index < -0.39 is 0 Å². The highest BCUT2D eigenvalue weighted by molar-refractivity contribution is 5.50. The zero-order valence-electron chi connectivity index (χ0n) is 7.39. The first-order chi connectivity index (χ1) is 4.48. The van der Waals surface area contributed by atoms with Crippen LogP contribution in [-0.4, -0.2) is 21.7 Å². The van der Waals surface area contributed by atoms with Gasteiger partial charge in [-0.05, 0) is 11.2 Å². The van der Waals surface area contributed by atoms with E-state index in [9.17, 15) is 5.21 Å². The molecule has 0 spiro atoms. The third-order valence-electron chi connectivity index (χ3n) is 1.28. The summed E-state index contributed by atoms with van der Waals surface area (Å²) in [6.07, 6.45) is 3.83. The molecule has 0 radical (unpaired) electrons. The molecular formula is C8H18NO+. The Hall–Kier alpha value is -0.530. The van der Waals surface area contributed by atoms with E-state index >= 15 is 0 Å². The summed E-state index contributed by atoms with van der Waals surface area (Å²) in [4.78, 5) is 0. The van der Waals surface area contributed by atoms with Crippen LogP contribution in [0.15, 0.2) is 0 Å². The summed E-state index contributed by atoms with van der Waals surface area (Å²) in [7, 11) is 0. The minimum Gasteiger partial charge on any atom is -0.291 e. The van der Waals surface area contributed by atoms with E-state index in [4.69, 9.17) is 0 Å². The van der Waals surface area contributed by atoms with Gasteiger partial charge < -0.3 is 0 Å². The van der Waals surface area contributed by atoms with Gasteiger partial charge in [-0.25, -0.2) is 0 Å². The van der Waals surface area contributed by atoms with Crippen LogP contribution in [-0.2, 0) is 0 Å². The van der Waals surface area contributed by atoms with Crippen LogP contribution in [0.2, 0.25) is 0 Å². The van der Waals surface area contributed by atoms with Crippen molar-refractivity contribution >= 4 is 6.21 Å². The lowest BCUT2D eigenvalue weighted by Crippen LogP contribution is -2.30. The van der Waals surface area contributed by atoms with Crippen LogP contribution in [0, 0.1) is 0 Å². The van der Waals surface area contributed by atoms with E-state index in [-0.39, 0.29) is 5.54 Å². The highest BCUT2D eigenvalue weighted by Gasteiger charge is 2.23. The summed E-state index contributed by atoms with van der Waals surface area (Å²) >= 11 is 0. The molecule has 0 atom stereocenters. The van der Waals surface area contributed by atoms with E-state index in [0.717, 1.165) is 12.8 Å². The van der Waals surface area contributed by atoms with Gasteiger partial charge in [-0.3, -0.25) is 5.21 Å². The maximum Gasteiger partial charge on any atom is 0.202 e. The van der Waals surface area contributed by atoms with Crippen molar-refractivity contribution in [2.75, 3.05) is 0 Å². The van der Waals surface area contributed by atoms with Crippen molar-refractivity contribution in [3.05, 3.63) is 0 Å².